The Balaban J connectivity index is 2.03. The van der Waals surface area contributed by atoms with E-state index in [4.69, 9.17) is 21.4 Å². The number of para-hydroxylation sites is 1. The number of hydrogen-bond donors (Lipinski definition) is 1. The Kier molecular flexibility index (Phi) is 1.40. The number of hydrogen-bond acceptors (Lipinski definition) is 2. The van der Waals surface area contributed by atoms with Gasteiger partial charge in [-0.15, -0.1) is 0 Å². The highest BCUT2D eigenvalue weighted by atomic mass is 35.5. The fourth-order valence-electron chi connectivity index (χ4n) is 2.14. The van der Waals surface area contributed by atoms with Crippen molar-refractivity contribution in [2.24, 2.45) is 5.92 Å². The molecule has 1 aliphatic carbocycles. The minimum atomic E-state index is -0.786. The van der Waals surface area contributed by atoms with Crippen molar-refractivity contribution in [2.45, 2.75) is 12.0 Å². The van der Waals surface area contributed by atoms with Crippen LogP contribution in [0.25, 0.3) is 0 Å². The van der Waals surface area contributed by atoms with Gasteiger partial charge in [0.15, 0.2) is 0 Å². The standard InChI is InChI=1S/C10H7ClO3/c11-5-3-1-2-4-6-7(10(12)13)9(6)14-8(4)5/h1-3,6-7,9H,(H,12,13). The summed E-state index contributed by atoms with van der Waals surface area (Å²) in [6, 6.07) is 5.46. The van der Waals surface area contributed by atoms with E-state index in [-0.39, 0.29) is 17.9 Å². The second-order valence-electron chi connectivity index (χ2n) is 3.63. The highest BCUT2D eigenvalue weighted by molar-refractivity contribution is 6.32. The van der Waals surface area contributed by atoms with Crippen LogP contribution in [0.4, 0.5) is 0 Å². The predicted octanol–water partition coefficient (Wildman–Crippen LogP) is 1.90. The molecule has 1 aromatic rings. The summed E-state index contributed by atoms with van der Waals surface area (Å²) in [4.78, 5) is 10.8. The van der Waals surface area contributed by atoms with E-state index in [0.717, 1.165) is 5.56 Å². The van der Waals surface area contributed by atoms with Crippen LogP contribution in [-0.2, 0) is 4.79 Å². The molecule has 0 amide bonds. The molecule has 0 spiro atoms. The predicted molar refractivity (Wildman–Crippen MR) is 49.7 cm³/mol. The van der Waals surface area contributed by atoms with Crippen LogP contribution in [0.5, 0.6) is 5.75 Å². The molecule has 2 aliphatic rings. The van der Waals surface area contributed by atoms with Crippen LogP contribution < -0.4 is 4.74 Å². The van der Waals surface area contributed by atoms with Gasteiger partial charge in [0.05, 0.1) is 5.02 Å². The molecule has 1 N–H and O–H groups in total. The maximum Gasteiger partial charge on any atom is 0.311 e. The number of ether oxygens (including phenoxy) is 1. The maximum atomic E-state index is 10.8. The zero-order valence-electron chi connectivity index (χ0n) is 7.11. The van der Waals surface area contributed by atoms with Crippen LogP contribution in [0, 0.1) is 5.92 Å². The van der Waals surface area contributed by atoms with Gasteiger partial charge in [-0.3, -0.25) is 4.79 Å². The second-order valence-corrected chi connectivity index (χ2v) is 4.04. The number of halogens is 1. The Labute approximate surface area is 85.3 Å². The summed E-state index contributed by atoms with van der Waals surface area (Å²) in [6.07, 6.45) is -0.192. The first-order chi connectivity index (χ1) is 6.70. The van der Waals surface area contributed by atoms with E-state index >= 15 is 0 Å². The fraction of sp³-hybridized carbons (Fsp3) is 0.300. The highest BCUT2D eigenvalue weighted by Crippen LogP contribution is 2.59. The zero-order chi connectivity index (χ0) is 9.87. The van der Waals surface area contributed by atoms with Gasteiger partial charge in [-0.05, 0) is 6.07 Å². The summed E-state index contributed by atoms with van der Waals surface area (Å²) in [7, 11) is 0. The lowest BCUT2D eigenvalue weighted by atomic mass is 10.1. The minimum absolute atomic E-state index is 0.0150. The summed E-state index contributed by atoms with van der Waals surface area (Å²) < 4.78 is 5.47. The number of benzene rings is 1. The molecule has 3 atom stereocenters. The summed E-state index contributed by atoms with van der Waals surface area (Å²) in [5.41, 5.74) is 0.940. The van der Waals surface area contributed by atoms with Gasteiger partial charge in [0.2, 0.25) is 0 Å². The average molecular weight is 211 g/mol. The van der Waals surface area contributed by atoms with Crippen molar-refractivity contribution >= 4 is 17.6 Å². The van der Waals surface area contributed by atoms with Crippen molar-refractivity contribution in [3.8, 4) is 5.75 Å². The zero-order valence-corrected chi connectivity index (χ0v) is 7.86. The molecule has 0 saturated heterocycles. The van der Waals surface area contributed by atoms with E-state index in [1.54, 1.807) is 6.07 Å². The Hall–Kier alpha value is -1.22. The lowest BCUT2D eigenvalue weighted by Crippen LogP contribution is -2.08. The van der Waals surface area contributed by atoms with Gasteiger partial charge in [0, 0.05) is 11.5 Å². The molecule has 3 unspecified atom stereocenters. The third kappa shape index (κ3) is 0.852. The van der Waals surface area contributed by atoms with Crippen LogP contribution in [0.1, 0.15) is 11.5 Å². The first-order valence-electron chi connectivity index (χ1n) is 4.38. The molecule has 1 aromatic carbocycles. The summed E-state index contributed by atoms with van der Waals surface area (Å²) in [5.74, 6) is -0.477. The van der Waals surface area contributed by atoms with E-state index < -0.39 is 5.97 Å². The van der Waals surface area contributed by atoms with Gasteiger partial charge >= 0.3 is 5.97 Å². The molecule has 1 fully saturated rings. The van der Waals surface area contributed by atoms with E-state index in [1.807, 2.05) is 12.1 Å². The van der Waals surface area contributed by atoms with Crippen molar-refractivity contribution in [1.29, 1.82) is 0 Å². The van der Waals surface area contributed by atoms with Crippen LogP contribution in [0.2, 0.25) is 5.02 Å². The van der Waals surface area contributed by atoms with Crippen LogP contribution in [0.3, 0.4) is 0 Å². The molecule has 4 heteroatoms. The van der Waals surface area contributed by atoms with Crippen molar-refractivity contribution in [1.82, 2.24) is 0 Å². The van der Waals surface area contributed by atoms with E-state index in [9.17, 15) is 4.79 Å². The second kappa shape index (κ2) is 2.42. The summed E-state index contributed by atoms with van der Waals surface area (Å²) >= 11 is 5.91. The number of aliphatic carboxylic acids is 1. The number of carboxylic acids is 1. The Morgan fingerprint density at radius 3 is 3.00 bits per heavy atom. The Bertz CT molecular complexity index is 429. The van der Waals surface area contributed by atoms with E-state index in [2.05, 4.69) is 0 Å². The number of rotatable bonds is 1. The van der Waals surface area contributed by atoms with Crippen LogP contribution >= 0.6 is 11.6 Å². The highest BCUT2D eigenvalue weighted by Gasteiger charge is 2.63. The SMILES string of the molecule is O=C(O)C1C2Oc3c(Cl)cccc3C21. The first kappa shape index (κ1) is 8.12. The van der Waals surface area contributed by atoms with Gasteiger partial charge in [0.25, 0.3) is 0 Å². The molecule has 0 radical (unpaired) electrons. The minimum Gasteiger partial charge on any atom is -0.487 e. The Morgan fingerprint density at radius 2 is 2.29 bits per heavy atom. The monoisotopic (exact) mass is 210 g/mol. The third-order valence-corrected chi connectivity index (χ3v) is 3.15. The van der Waals surface area contributed by atoms with Gasteiger partial charge in [-0.1, -0.05) is 23.7 Å². The lowest BCUT2D eigenvalue weighted by molar-refractivity contribution is -0.139. The average Bonchev–Trinajstić information content (AvgIpc) is 2.73. The fourth-order valence-corrected chi connectivity index (χ4v) is 2.37. The molecular weight excluding hydrogens is 204 g/mol. The molecule has 1 saturated carbocycles. The Morgan fingerprint density at radius 1 is 1.50 bits per heavy atom. The number of carbonyl (C=O) groups is 1. The van der Waals surface area contributed by atoms with Gasteiger partial charge in [-0.25, -0.2) is 0 Å². The molecule has 0 aromatic heterocycles. The summed E-state index contributed by atoms with van der Waals surface area (Å²) in [5, 5.41) is 9.41. The molecule has 3 nitrogen and oxygen atoms in total. The molecular formula is C10H7ClO3. The topological polar surface area (TPSA) is 46.5 Å². The van der Waals surface area contributed by atoms with Crippen LogP contribution in [0.15, 0.2) is 18.2 Å². The summed E-state index contributed by atoms with van der Waals surface area (Å²) in [6.45, 7) is 0. The molecule has 3 rings (SSSR count). The number of fused-ring (bicyclic) bond motifs is 3. The normalized spacial score (nSPS) is 31.6. The molecule has 1 heterocycles. The van der Waals surface area contributed by atoms with Crippen molar-refractivity contribution in [3.63, 3.8) is 0 Å². The van der Waals surface area contributed by atoms with Crippen molar-refractivity contribution in [2.75, 3.05) is 0 Å². The van der Waals surface area contributed by atoms with Crippen molar-refractivity contribution < 1.29 is 14.6 Å². The smallest absolute Gasteiger partial charge is 0.311 e. The quantitative estimate of drug-likeness (QED) is 0.770. The molecule has 1 aliphatic heterocycles. The molecule has 0 bridgehead atoms. The van der Waals surface area contributed by atoms with Gasteiger partial charge in [-0.2, -0.15) is 0 Å². The maximum absolute atomic E-state index is 10.8. The third-order valence-electron chi connectivity index (χ3n) is 2.85. The molecule has 14 heavy (non-hydrogen) atoms. The van der Waals surface area contributed by atoms with Gasteiger partial charge < -0.3 is 9.84 Å². The van der Waals surface area contributed by atoms with E-state index in [1.165, 1.54) is 0 Å². The van der Waals surface area contributed by atoms with E-state index in [0.29, 0.717) is 10.8 Å². The largest absolute Gasteiger partial charge is 0.487 e. The van der Waals surface area contributed by atoms with Crippen molar-refractivity contribution in [3.05, 3.63) is 28.8 Å². The number of carboxylic acid groups (broad SMARTS) is 1. The van der Waals surface area contributed by atoms with Gasteiger partial charge in [0.1, 0.15) is 17.8 Å². The first-order valence-corrected chi connectivity index (χ1v) is 4.76. The molecule has 72 valence electrons. The lowest BCUT2D eigenvalue weighted by Gasteiger charge is -2.06. The van der Waals surface area contributed by atoms with Crippen LogP contribution in [-0.4, -0.2) is 17.2 Å².